The second-order valence-electron chi connectivity index (χ2n) is 6.68. The van der Waals surface area contributed by atoms with Crippen molar-refractivity contribution in [2.75, 3.05) is 20.1 Å². The summed E-state index contributed by atoms with van der Waals surface area (Å²) in [7, 11) is 1.71. The summed E-state index contributed by atoms with van der Waals surface area (Å²) < 4.78 is 38.6. The highest BCUT2D eigenvalue weighted by molar-refractivity contribution is 5.87. The van der Waals surface area contributed by atoms with Crippen LogP contribution in [0.3, 0.4) is 0 Å². The van der Waals surface area contributed by atoms with E-state index in [-0.39, 0.29) is 11.9 Å². The molecule has 128 valence electrons. The second kappa shape index (κ2) is 6.51. The molecule has 2 rings (SSSR count). The highest BCUT2D eigenvalue weighted by atomic mass is 19.4. The summed E-state index contributed by atoms with van der Waals surface area (Å²) in [5, 5.41) is 3.32. The van der Waals surface area contributed by atoms with Crippen molar-refractivity contribution in [3.63, 3.8) is 0 Å². The van der Waals surface area contributed by atoms with Crippen LogP contribution in [-0.4, -0.2) is 37.0 Å². The number of likely N-dealkylation sites (N-methyl/N-ethyl adjacent to an activating group) is 1. The van der Waals surface area contributed by atoms with Crippen LogP contribution in [-0.2, 0) is 16.4 Å². The van der Waals surface area contributed by atoms with Gasteiger partial charge in [0, 0.05) is 19.6 Å². The van der Waals surface area contributed by atoms with E-state index in [1.165, 1.54) is 6.07 Å². The Morgan fingerprint density at radius 1 is 1.30 bits per heavy atom. The van der Waals surface area contributed by atoms with E-state index in [1.54, 1.807) is 31.9 Å². The fourth-order valence-corrected chi connectivity index (χ4v) is 3.01. The summed E-state index contributed by atoms with van der Waals surface area (Å²) in [6.45, 7) is 4.86. The first-order chi connectivity index (χ1) is 10.6. The molecular formula is C17H23F3N2O. The smallest absolute Gasteiger partial charge is 0.343 e. The van der Waals surface area contributed by atoms with E-state index >= 15 is 0 Å². The number of nitrogens with one attached hydrogen (secondary N) is 1. The lowest BCUT2D eigenvalue weighted by molar-refractivity contribution is -0.138. The zero-order chi connectivity index (χ0) is 17.3. The van der Waals surface area contributed by atoms with Gasteiger partial charge in [-0.25, -0.2) is 0 Å². The molecule has 1 atom stereocenters. The molecular weight excluding hydrogens is 305 g/mol. The predicted octanol–water partition coefficient (Wildman–Crippen LogP) is 3.19. The molecule has 1 aromatic rings. The first-order valence-corrected chi connectivity index (χ1v) is 7.79. The van der Waals surface area contributed by atoms with Crippen LogP contribution in [0, 0.1) is 0 Å². The van der Waals surface area contributed by atoms with Gasteiger partial charge in [-0.2, -0.15) is 13.2 Å². The molecule has 0 saturated carbocycles. The Kier molecular flexibility index (Phi) is 5.04. The van der Waals surface area contributed by atoms with Crippen LogP contribution in [0.25, 0.3) is 0 Å². The minimum absolute atomic E-state index is 0.175. The molecule has 3 nitrogen and oxygen atoms in total. The third kappa shape index (κ3) is 4.05. The van der Waals surface area contributed by atoms with Crippen LogP contribution in [0.4, 0.5) is 13.2 Å². The molecule has 1 N–H and O–H groups in total. The molecule has 23 heavy (non-hydrogen) atoms. The van der Waals surface area contributed by atoms with Crippen LogP contribution < -0.4 is 5.32 Å². The minimum Gasteiger partial charge on any atom is -0.343 e. The molecule has 1 fully saturated rings. The third-order valence-corrected chi connectivity index (χ3v) is 4.45. The summed E-state index contributed by atoms with van der Waals surface area (Å²) in [5.41, 5.74) is -1.35. The van der Waals surface area contributed by atoms with Crippen LogP contribution in [0.5, 0.6) is 0 Å². The Hall–Kier alpha value is -1.56. The van der Waals surface area contributed by atoms with Crippen LogP contribution >= 0.6 is 0 Å². The molecule has 0 aromatic heterocycles. The molecule has 1 aliphatic rings. The Bertz CT molecular complexity index is 563. The number of alkyl halides is 3. The summed E-state index contributed by atoms with van der Waals surface area (Å²) in [6.07, 6.45) is -2.31. The Labute approximate surface area is 134 Å². The quantitative estimate of drug-likeness (QED) is 0.921. The van der Waals surface area contributed by atoms with Crippen LogP contribution in [0.2, 0.25) is 0 Å². The maximum absolute atomic E-state index is 12.9. The van der Waals surface area contributed by atoms with E-state index in [0.717, 1.165) is 31.5 Å². The van der Waals surface area contributed by atoms with E-state index in [9.17, 15) is 18.0 Å². The van der Waals surface area contributed by atoms with Crippen molar-refractivity contribution >= 4 is 5.91 Å². The number of hydrogen-bond acceptors (Lipinski definition) is 2. The molecule has 6 heteroatoms. The SMILES string of the molecule is CN(C[C@H]1CCCN1)C(=O)C(C)(C)c1cccc(C(F)(F)F)c1. The van der Waals surface area contributed by atoms with Gasteiger partial charge in [0.25, 0.3) is 0 Å². The predicted molar refractivity (Wildman–Crippen MR) is 83.1 cm³/mol. The zero-order valence-corrected chi connectivity index (χ0v) is 13.7. The van der Waals surface area contributed by atoms with Crippen LogP contribution in [0.1, 0.15) is 37.8 Å². The van der Waals surface area contributed by atoms with Gasteiger partial charge < -0.3 is 10.2 Å². The highest BCUT2D eigenvalue weighted by Crippen LogP contribution is 2.33. The molecule has 0 aliphatic carbocycles. The fraction of sp³-hybridized carbons (Fsp3) is 0.588. The van der Waals surface area contributed by atoms with Gasteiger partial charge >= 0.3 is 6.18 Å². The average Bonchev–Trinajstić information content (AvgIpc) is 2.98. The van der Waals surface area contributed by atoms with Gasteiger partial charge in [0.15, 0.2) is 0 Å². The molecule has 0 spiro atoms. The van der Waals surface area contributed by atoms with E-state index < -0.39 is 17.2 Å². The summed E-state index contributed by atoms with van der Waals surface area (Å²) >= 11 is 0. The van der Waals surface area contributed by atoms with Crippen molar-refractivity contribution in [2.45, 2.75) is 44.3 Å². The summed E-state index contributed by atoms with van der Waals surface area (Å²) in [4.78, 5) is 14.3. The fourth-order valence-electron chi connectivity index (χ4n) is 3.01. The lowest BCUT2D eigenvalue weighted by Crippen LogP contribution is -2.46. The van der Waals surface area contributed by atoms with Gasteiger partial charge in [0.05, 0.1) is 11.0 Å². The molecule has 1 amide bonds. The molecule has 0 bridgehead atoms. The number of benzene rings is 1. The Morgan fingerprint density at radius 2 is 1.96 bits per heavy atom. The number of amides is 1. The minimum atomic E-state index is -4.41. The summed E-state index contributed by atoms with van der Waals surface area (Å²) in [5.74, 6) is -0.175. The largest absolute Gasteiger partial charge is 0.416 e. The van der Waals surface area contributed by atoms with Crippen molar-refractivity contribution in [1.82, 2.24) is 10.2 Å². The standard InChI is InChI=1S/C17H23F3N2O/c1-16(2,12-6-4-7-13(10-12)17(18,19)20)15(23)22(3)11-14-8-5-9-21-14/h4,6-7,10,14,21H,5,8-9,11H2,1-3H3/t14-/m1/s1. The van der Waals surface area contributed by atoms with E-state index in [1.807, 2.05) is 0 Å². The molecule has 0 unspecified atom stereocenters. The lowest BCUT2D eigenvalue weighted by Gasteiger charge is -2.31. The van der Waals surface area contributed by atoms with E-state index in [2.05, 4.69) is 5.32 Å². The number of halogens is 3. The van der Waals surface area contributed by atoms with Crippen molar-refractivity contribution in [2.24, 2.45) is 0 Å². The van der Waals surface area contributed by atoms with Crippen LogP contribution in [0.15, 0.2) is 24.3 Å². The normalized spacial score (nSPS) is 19.0. The third-order valence-electron chi connectivity index (χ3n) is 4.45. The molecule has 1 aliphatic heterocycles. The molecule has 1 heterocycles. The maximum atomic E-state index is 12.9. The Morgan fingerprint density at radius 3 is 2.52 bits per heavy atom. The van der Waals surface area contributed by atoms with Crippen molar-refractivity contribution in [1.29, 1.82) is 0 Å². The molecule has 1 saturated heterocycles. The number of carbonyl (C=O) groups is 1. The van der Waals surface area contributed by atoms with Gasteiger partial charge in [-0.1, -0.05) is 18.2 Å². The maximum Gasteiger partial charge on any atom is 0.416 e. The number of nitrogens with zero attached hydrogens (tertiary/aromatic N) is 1. The van der Waals surface area contributed by atoms with Crippen molar-refractivity contribution in [3.05, 3.63) is 35.4 Å². The van der Waals surface area contributed by atoms with Gasteiger partial charge in [0.2, 0.25) is 5.91 Å². The first-order valence-electron chi connectivity index (χ1n) is 7.79. The number of carbonyl (C=O) groups excluding carboxylic acids is 1. The summed E-state index contributed by atoms with van der Waals surface area (Å²) in [6, 6.07) is 5.29. The zero-order valence-electron chi connectivity index (χ0n) is 13.7. The first kappa shape index (κ1) is 17.8. The Balaban J connectivity index is 2.17. The average molecular weight is 328 g/mol. The number of hydrogen-bond donors (Lipinski definition) is 1. The van der Waals surface area contributed by atoms with Gasteiger partial charge in [-0.3, -0.25) is 4.79 Å². The van der Waals surface area contributed by atoms with Gasteiger partial charge in [-0.05, 0) is 44.9 Å². The monoisotopic (exact) mass is 328 g/mol. The number of rotatable bonds is 4. The topological polar surface area (TPSA) is 32.3 Å². The van der Waals surface area contributed by atoms with Gasteiger partial charge in [-0.15, -0.1) is 0 Å². The second-order valence-corrected chi connectivity index (χ2v) is 6.68. The van der Waals surface area contributed by atoms with E-state index in [0.29, 0.717) is 12.1 Å². The van der Waals surface area contributed by atoms with Crippen molar-refractivity contribution < 1.29 is 18.0 Å². The molecule has 0 radical (unpaired) electrons. The van der Waals surface area contributed by atoms with Crippen molar-refractivity contribution in [3.8, 4) is 0 Å². The lowest BCUT2D eigenvalue weighted by atomic mass is 9.82. The highest BCUT2D eigenvalue weighted by Gasteiger charge is 2.36. The van der Waals surface area contributed by atoms with E-state index in [4.69, 9.17) is 0 Å². The molecule has 1 aromatic carbocycles. The van der Waals surface area contributed by atoms with Gasteiger partial charge in [0.1, 0.15) is 0 Å².